The first-order chi connectivity index (χ1) is 18.8. The Kier molecular flexibility index (Phi) is 9.66. The maximum absolute atomic E-state index is 15.0. The topological polar surface area (TPSA) is 55.8 Å². The number of hydrogen-bond acceptors (Lipinski definition) is 3. The number of rotatable bonds is 9. The third-order valence-electron chi connectivity index (χ3n) is 7.75. The number of aliphatic carboxylic acids is 1. The zero-order valence-electron chi connectivity index (χ0n) is 23.5. The first kappa shape index (κ1) is 28.7. The summed E-state index contributed by atoms with van der Waals surface area (Å²) in [6.45, 7) is 5.01. The lowest BCUT2D eigenvalue weighted by molar-refractivity contribution is -0.136. The Morgan fingerprint density at radius 3 is 2.41 bits per heavy atom. The maximum atomic E-state index is 15.0. The van der Waals surface area contributed by atoms with Crippen LogP contribution in [0.15, 0.2) is 60.7 Å². The second-order valence-corrected chi connectivity index (χ2v) is 11.4. The molecule has 3 aromatic carbocycles. The summed E-state index contributed by atoms with van der Waals surface area (Å²) in [6.07, 6.45) is 9.65. The van der Waals surface area contributed by atoms with Gasteiger partial charge in [0.05, 0.1) is 7.11 Å². The van der Waals surface area contributed by atoms with E-state index in [1.54, 1.807) is 19.2 Å². The lowest BCUT2D eigenvalue weighted by atomic mass is 9.65. The fraction of sp³-hybridized carbons (Fsp3) is 0.441. The van der Waals surface area contributed by atoms with Gasteiger partial charge in [0.15, 0.2) is 0 Å². The van der Waals surface area contributed by atoms with Gasteiger partial charge in [0.1, 0.15) is 23.9 Å². The SMILES string of the molecule is C1CC1.COc1ccc(F)c(-c2ccc(COc3cccc(CCC(=O)O)c3)cc2C2CCCCC2(C)C)c1. The molecule has 1 atom stereocenters. The van der Waals surface area contributed by atoms with Crippen molar-refractivity contribution in [3.63, 3.8) is 0 Å². The van der Waals surface area contributed by atoms with E-state index >= 15 is 4.39 Å². The number of halogens is 1. The molecule has 0 spiro atoms. The van der Waals surface area contributed by atoms with Crippen LogP contribution in [0.5, 0.6) is 11.5 Å². The summed E-state index contributed by atoms with van der Waals surface area (Å²) in [4.78, 5) is 10.9. The summed E-state index contributed by atoms with van der Waals surface area (Å²) in [5, 5.41) is 8.96. The Morgan fingerprint density at radius 2 is 1.72 bits per heavy atom. The number of aryl methyl sites for hydroxylation is 1. The molecule has 2 aliphatic carbocycles. The van der Waals surface area contributed by atoms with Gasteiger partial charge in [0, 0.05) is 12.0 Å². The average Bonchev–Trinajstić information content (AvgIpc) is 3.81. The minimum absolute atomic E-state index is 0.0896. The van der Waals surface area contributed by atoms with Crippen LogP contribution in [0.3, 0.4) is 0 Å². The van der Waals surface area contributed by atoms with E-state index < -0.39 is 5.97 Å². The number of ether oxygens (including phenoxy) is 2. The predicted octanol–water partition coefficient (Wildman–Crippen LogP) is 8.95. The molecule has 0 aliphatic heterocycles. The molecule has 1 unspecified atom stereocenters. The van der Waals surface area contributed by atoms with Gasteiger partial charge in [-0.2, -0.15) is 0 Å². The largest absolute Gasteiger partial charge is 0.497 e. The van der Waals surface area contributed by atoms with E-state index in [1.807, 2.05) is 36.4 Å². The van der Waals surface area contributed by atoms with Crippen LogP contribution in [0, 0.1) is 11.2 Å². The van der Waals surface area contributed by atoms with Crippen molar-refractivity contribution < 1.29 is 23.8 Å². The van der Waals surface area contributed by atoms with Crippen LogP contribution >= 0.6 is 0 Å². The van der Waals surface area contributed by atoms with Gasteiger partial charge >= 0.3 is 5.97 Å². The van der Waals surface area contributed by atoms with Gasteiger partial charge in [-0.1, -0.05) is 76.3 Å². The molecule has 39 heavy (non-hydrogen) atoms. The minimum Gasteiger partial charge on any atom is -0.497 e. The van der Waals surface area contributed by atoms with Gasteiger partial charge in [0.2, 0.25) is 0 Å². The molecule has 0 amide bonds. The standard InChI is InChI=1S/C31H35FO4.C3H6/c1-31(2)16-5-4-9-28(31)26-18-22(10-13-25(26)27-19-23(35-3)12-14-29(27)32)20-36-24-8-6-7-21(17-24)11-15-30(33)34;1-2-3-1/h6-8,10,12-14,17-19,28H,4-5,9,11,15-16,20H2,1-3H3,(H,33,34);1-3H2. The van der Waals surface area contributed by atoms with Crippen LogP contribution in [0.2, 0.25) is 0 Å². The van der Waals surface area contributed by atoms with Crippen molar-refractivity contribution >= 4 is 5.97 Å². The summed E-state index contributed by atoms with van der Waals surface area (Å²) >= 11 is 0. The summed E-state index contributed by atoms with van der Waals surface area (Å²) in [5.74, 6) is 0.585. The smallest absolute Gasteiger partial charge is 0.303 e. The van der Waals surface area contributed by atoms with Crippen LogP contribution in [0.4, 0.5) is 4.39 Å². The zero-order chi connectivity index (χ0) is 27.8. The molecule has 0 heterocycles. The van der Waals surface area contributed by atoms with Gasteiger partial charge in [-0.3, -0.25) is 4.79 Å². The number of benzene rings is 3. The Bertz CT molecular complexity index is 1260. The molecule has 2 fully saturated rings. The molecule has 1 N–H and O–H groups in total. The molecular formula is C34H41FO4. The monoisotopic (exact) mass is 532 g/mol. The summed E-state index contributed by atoms with van der Waals surface area (Å²) in [7, 11) is 1.60. The Balaban J connectivity index is 0.00000110. The first-order valence-electron chi connectivity index (χ1n) is 14.2. The van der Waals surface area contributed by atoms with Crippen LogP contribution in [0.25, 0.3) is 11.1 Å². The highest BCUT2D eigenvalue weighted by atomic mass is 19.1. The number of carboxylic acid groups (broad SMARTS) is 1. The molecule has 0 radical (unpaired) electrons. The highest BCUT2D eigenvalue weighted by Gasteiger charge is 2.35. The molecule has 2 saturated carbocycles. The van der Waals surface area contributed by atoms with Crippen LogP contribution in [-0.4, -0.2) is 18.2 Å². The second-order valence-electron chi connectivity index (χ2n) is 11.4. The van der Waals surface area contributed by atoms with Crippen molar-refractivity contribution in [2.24, 2.45) is 5.41 Å². The molecule has 2 aliphatic rings. The molecule has 0 aromatic heterocycles. The summed E-state index contributed by atoms with van der Waals surface area (Å²) in [5.41, 5.74) is 4.69. The van der Waals surface area contributed by atoms with Gasteiger partial charge in [0.25, 0.3) is 0 Å². The lowest BCUT2D eigenvalue weighted by Crippen LogP contribution is -2.26. The highest BCUT2D eigenvalue weighted by Crippen LogP contribution is 2.49. The predicted molar refractivity (Wildman–Crippen MR) is 154 cm³/mol. The summed E-state index contributed by atoms with van der Waals surface area (Å²) in [6, 6.07) is 18.7. The molecule has 0 saturated heterocycles. The Labute approximate surface area is 232 Å². The van der Waals surface area contributed by atoms with Gasteiger partial charge in [-0.05, 0) is 83.2 Å². The molecule has 3 aromatic rings. The number of hydrogen-bond donors (Lipinski definition) is 1. The van der Waals surface area contributed by atoms with Crippen LogP contribution in [-0.2, 0) is 17.8 Å². The molecule has 5 rings (SSSR count). The van der Waals surface area contributed by atoms with Crippen molar-refractivity contribution in [1.82, 2.24) is 0 Å². The van der Waals surface area contributed by atoms with E-state index in [4.69, 9.17) is 14.6 Å². The molecule has 0 bridgehead atoms. The van der Waals surface area contributed by atoms with Crippen LogP contribution in [0.1, 0.15) is 87.8 Å². The van der Waals surface area contributed by atoms with E-state index in [0.29, 0.717) is 36.0 Å². The zero-order valence-corrected chi connectivity index (χ0v) is 23.5. The van der Waals surface area contributed by atoms with Crippen molar-refractivity contribution in [1.29, 1.82) is 0 Å². The molecular weight excluding hydrogens is 491 g/mol. The Morgan fingerprint density at radius 1 is 0.923 bits per heavy atom. The third kappa shape index (κ3) is 8.08. The minimum atomic E-state index is -0.813. The van der Waals surface area contributed by atoms with E-state index in [2.05, 4.69) is 19.9 Å². The van der Waals surface area contributed by atoms with Gasteiger partial charge in [-0.25, -0.2) is 4.39 Å². The number of methoxy groups -OCH3 is 1. The number of carbonyl (C=O) groups is 1. The molecule has 4 nitrogen and oxygen atoms in total. The molecule has 208 valence electrons. The maximum Gasteiger partial charge on any atom is 0.303 e. The Hall–Kier alpha value is -3.34. The van der Waals surface area contributed by atoms with Crippen molar-refractivity contribution in [3.05, 3.63) is 83.2 Å². The highest BCUT2D eigenvalue weighted by molar-refractivity contribution is 5.71. The van der Waals surface area contributed by atoms with E-state index in [-0.39, 0.29) is 17.7 Å². The van der Waals surface area contributed by atoms with Gasteiger partial charge in [-0.15, -0.1) is 0 Å². The second kappa shape index (κ2) is 13.1. The fourth-order valence-electron chi connectivity index (χ4n) is 5.35. The first-order valence-corrected chi connectivity index (χ1v) is 14.2. The molecule has 5 heteroatoms. The van der Waals surface area contributed by atoms with E-state index in [9.17, 15) is 4.79 Å². The lowest BCUT2D eigenvalue weighted by Gasteiger charge is -2.40. The van der Waals surface area contributed by atoms with Gasteiger partial charge < -0.3 is 14.6 Å². The van der Waals surface area contributed by atoms with E-state index in [1.165, 1.54) is 31.7 Å². The van der Waals surface area contributed by atoms with Crippen LogP contribution < -0.4 is 9.47 Å². The number of carboxylic acids is 1. The average molecular weight is 533 g/mol. The quantitative estimate of drug-likeness (QED) is 0.299. The summed E-state index contributed by atoms with van der Waals surface area (Å²) < 4.78 is 26.5. The normalized spacial score (nSPS) is 17.5. The van der Waals surface area contributed by atoms with Crippen molar-refractivity contribution in [3.8, 4) is 22.6 Å². The van der Waals surface area contributed by atoms with Crippen molar-refractivity contribution in [2.45, 2.75) is 84.2 Å². The fourth-order valence-corrected chi connectivity index (χ4v) is 5.35. The van der Waals surface area contributed by atoms with Crippen molar-refractivity contribution in [2.75, 3.05) is 7.11 Å². The third-order valence-corrected chi connectivity index (χ3v) is 7.75. The van der Waals surface area contributed by atoms with E-state index in [0.717, 1.165) is 41.5 Å².